The Kier molecular flexibility index (Phi) is 6.38. The number of aliphatic imine (C=N–C) groups is 1. The van der Waals surface area contributed by atoms with Gasteiger partial charge in [0.15, 0.2) is 5.17 Å². The van der Waals surface area contributed by atoms with Crippen LogP contribution in [-0.2, 0) is 11.3 Å². The van der Waals surface area contributed by atoms with Crippen LogP contribution in [0.3, 0.4) is 0 Å². The molecular formula is C25H22N2O3S. The summed E-state index contributed by atoms with van der Waals surface area (Å²) in [6, 6.07) is 25.0. The molecule has 0 aromatic heterocycles. The van der Waals surface area contributed by atoms with Gasteiger partial charge in [-0.2, -0.15) is 0 Å². The van der Waals surface area contributed by atoms with E-state index in [4.69, 9.17) is 14.5 Å². The first kappa shape index (κ1) is 20.8. The highest BCUT2D eigenvalue weighted by molar-refractivity contribution is 8.18. The molecule has 0 aliphatic carbocycles. The lowest BCUT2D eigenvalue weighted by Gasteiger charge is -2.16. The Hall–Kier alpha value is -3.51. The first-order valence-corrected chi connectivity index (χ1v) is 10.6. The lowest BCUT2D eigenvalue weighted by atomic mass is 10.1. The van der Waals surface area contributed by atoms with Gasteiger partial charge in [0.1, 0.15) is 11.5 Å². The molecule has 0 unspecified atom stereocenters. The summed E-state index contributed by atoms with van der Waals surface area (Å²) in [4.78, 5) is 20.4. The predicted molar refractivity (Wildman–Crippen MR) is 126 cm³/mol. The number of benzene rings is 3. The fraction of sp³-hybridized carbons (Fsp3) is 0.120. The van der Waals surface area contributed by atoms with Crippen LogP contribution in [-0.4, -0.2) is 30.2 Å². The normalized spacial score (nSPS) is 16.2. The number of amides is 1. The molecule has 5 nitrogen and oxygen atoms in total. The second-order valence-corrected chi connectivity index (χ2v) is 7.83. The molecule has 6 heteroatoms. The van der Waals surface area contributed by atoms with Gasteiger partial charge in [-0.1, -0.05) is 48.5 Å². The summed E-state index contributed by atoms with van der Waals surface area (Å²) in [6.45, 7) is 0.421. The zero-order chi connectivity index (χ0) is 21.6. The van der Waals surface area contributed by atoms with Crippen molar-refractivity contribution in [2.24, 2.45) is 4.99 Å². The first-order chi connectivity index (χ1) is 15.2. The third-order valence-corrected chi connectivity index (χ3v) is 5.80. The van der Waals surface area contributed by atoms with Gasteiger partial charge in [0.05, 0.1) is 31.4 Å². The second-order valence-electron chi connectivity index (χ2n) is 6.82. The fourth-order valence-corrected chi connectivity index (χ4v) is 4.17. The second kappa shape index (κ2) is 9.53. The number of methoxy groups -OCH3 is 2. The van der Waals surface area contributed by atoms with E-state index in [-0.39, 0.29) is 5.91 Å². The number of nitrogens with zero attached hydrogens (tertiary/aromatic N) is 2. The minimum atomic E-state index is -0.0820. The molecule has 156 valence electrons. The minimum absolute atomic E-state index is 0.0820. The molecule has 0 atom stereocenters. The molecule has 3 aromatic rings. The van der Waals surface area contributed by atoms with Crippen molar-refractivity contribution in [2.45, 2.75) is 6.54 Å². The van der Waals surface area contributed by atoms with E-state index in [0.29, 0.717) is 16.6 Å². The zero-order valence-electron chi connectivity index (χ0n) is 17.3. The molecule has 4 rings (SSSR count). The SMILES string of the molecule is COc1ccc(CN2C(=O)/C(=C/c3ccccc3OC)SC2=Nc2ccccc2)cc1. The van der Waals surface area contributed by atoms with E-state index < -0.39 is 0 Å². The summed E-state index contributed by atoms with van der Waals surface area (Å²) in [6.07, 6.45) is 1.86. The number of thioether (sulfide) groups is 1. The maximum absolute atomic E-state index is 13.3. The predicted octanol–water partition coefficient (Wildman–Crippen LogP) is 5.51. The number of amidine groups is 1. The number of hydrogen-bond donors (Lipinski definition) is 0. The average molecular weight is 431 g/mol. The van der Waals surface area contributed by atoms with Crippen molar-refractivity contribution in [1.82, 2.24) is 4.90 Å². The summed E-state index contributed by atoms with van der Waals surface area (Å²) in [5, 5.41) is 0.646. The van der Waals surface area contributed by atoms with Gasteiger partial charge in [0, 0.05) is 5.56 Å². The quantitative estimate of drug-likeness (QED) is 0.484. The average Bonchev–Trinajstić information content (AvgIpc) is 3.09. The maximum Gasteiger partial charge on any atom is 0.267 e. The monoisotopic (exact) mass is 430 g/mol. The molecule has 1 aliphatic heterocycles. The molecule has 0 radical (unpaired) electrons. The number of ether oxygens (including phenoxy) is 2. The standard InChI is InChI=1S/C25H22N2O3S/c1-29-21-14-12-18(13-15-21)17-27-24(28)23(16-19-8-6-7-11-22(19)30-2)31-25(27)26-20-9-4-3-5-10-20/h3-16H,17H2,1-2H3/b23-16-,26-25?. The van der Waals surface area contributed by atoms with Crippen LogP contribution in [0.25, 0.3) is 6.08 Å². The van der Waals surface area contributed by atoms with E-state index in [9.17, 15) is 4.79 Å². The molecular weight excluding hydrogens is 408 g/mol. The Bertz CT molecular complexity index is 1130. The van der Waals surface area contributed by atoms with Crippen molar-refractivity contribution in [3.8, 4) is 11.5 Å². The fourth-order valence-electron chi connectivity index (χ4n) is 3.18. The van der Waals surface area contributed by atoms with Gasteiger partial charge in [-0.3, -0.25) is 9.69 Å². The van der Waals surface area contributed by atoms with Crippen molar-refractivity contribution in [1.29, 1.82) is 0 Å². The number of rotatable bonds is 6. The van der Waals surface area contributed by atoms with Gasteiger partial charge in [0.2, 0.25) is 0 Å². The molecule has 1 amide bonds. The Balaban J connectivity index is 1.69. The van der Waals surface area contributed by atoms with Crippen LogP contribution in [0.5, 0.6) is 11.5 Å². The number of para-hydroxylation sites is 2. The van der Waals surface area contributed by atoms with E-state index in [1.165, 1.54) is 11.8 Å². The van der Waals surface area contributed by atoms with Crippen molar-refractivity contribution in [2.75, 3.05) is 14.2 Å². The Labute approximate surface area is 186 Å². The van der Waals surface area contributed by atoms with Crippen LogP contribution in [0, 0.1) is 0 Å². The topological polar surface area (TPSA) is 51.1 Å². The van der Waals surface area contributed by atoms with Crippen LogP contribution in [0.15, 0.2) is 88.8 Å². The zero-order valence-corrected chi connectivity index (χ0v) is 18.1. The minimum Gasteiger partial charge on any atom is -0.497 e. The van der Waals surface area contributed by atoms with Crippen LogP contribution in [0.4, 0.5) is 5.69 Å². The highest BCUT2D eigenvalue weighted by Gasteiger charge is 2.33. The van der Waals surface area contributed by atoms with Gasteiger partial charge in [-0.05, 0) is 53.7 Å². The van der Waals surface area contributed by atoms with E-state index >= 15 is 0 Å². The molecule has 1 fully saturated rings. The van der Waals surface area contributed by atoms with Crippen LogP contribution in [0.1, 0.15) is 11.1 Å². The highest BCUT2D eigenvalue weighted by atomic mass is 32.2. The summed E-state index contributed by atoms with van der Waals surface area (Å²) < 4.78 is 10.7. The molecule has 0 saturated carbocycles. The van der Waals surface area contributed by atoms with Gasteiger partial charge >= 0.3 is 0 Å². The van der Waals surface area contributed by atoms with Crippen molar-refractivity contribution < 1.29 is 14.3 Å². The van der Waals surface area contributed by atoms with Crippen molar-refractivity contribution in [3.63, 3.8) is 0 Å². The molecule has 31 heavy (non-hydrogen) atoms. The van der Waals surface area contributed by atoms with Gasteiger partial charge in [-0.25, -0.2) is 4.99 Å². The van der Waals surface area contributed by atoms with E-state index in [1.54, 1.807) is 19.1 Å². The van der Waals surface area contributed by atoms with E-state index in [2.05, 4.69) is 0 Å². The summed E-state index contributed by atoms with van der Waals surface area (Å²) >= 11 is 1.37. The Morgan fingerprint density at radius 1 is 0.903 bits per heavy atom. The molecule has 1 saturated heterocycles. The lowest BCUT2D eigenvalue weighted by Crippen LogP contribution is -2.28. The van der Waals surface area contributed by atoms with E-state index in [1.807, 2.05) is 84.9 Å². The van der Waals surface area contributed by atoms with Crippen molar-refractivity contribution >= 4 is 34.6 Å². The van der Waals surface area contributed by atoms with Crippen LogP contribution in [0.2, 0.25) is 0 Å². The van der Waals surface area contributed by atoms with Gasteiger partial charge in [-0.15, -0.1) is 0 Å². The van der Waals surface area contributed by atoms with Crippen molar-refractivity contribution in [3.05, 3.63) is 94.9 Å². The van der Waals surface area contributed by atoms with Gasteiger partial charge < -0.3 is 9.47 Å². The smallest absolute Gasteiger partial charge is 0.267 e. The molecule has 1 aliphatic rings. The van der Waals surface area contributed by atoms with Gasteiger partial charge in [0.25, 0.3) is 5.91 Å². The molecule has 0 N–H and O–H groups in total. The number of carbonyl (C=O) groups is 1. The Morgan fingerprint density at radius 3 is 2.32 bits per heavy atom. The summed E-state index contributed by atoms with van der Waals surface area (Å²) in [5.41, 5.74) is 2.65. The maximum atomic E-state index is 13.3. The Morgan fingerprint density at radius 2 is 1.61 bits per heavy atom. The summed E-state index contributed by atoms with van der Waals surface area (Å²) in [7, 11) is 3.26. The largest absolute Gasteiger partial charge is 0.497 e. The number of hydrogen-bond acceptors (Lipinski definition) is 5. The first-order valence-electron chi connectivity index (χ1n) is 9.79. The van der Waals surface area contributed by atoms with E-state index in [0.717, 1.165) is 28.3 Å². The lowest BCUT2D eigenvalue weighted by molar-refractivity contribution is -0.122. The third kappa shape index (κ3) is 4.81. The molecule has 0 spiro atoms. The van der Waals surface area contributed by atoms with Crippen LogP contribution < -0.4 is 9.47 Å². The molecule has 1 heterocycles. The van der Waals surface area contributed by atoms with Crippen LogP contribution >= 0.6 is 11.8 Å². The summed E-state index contributed by atoms with van der Waals surface area (Å²) in [5.74, 6) is 1.42. The number of carbonyl (C=O) groups excluding carboxylic acids is 1. The highest BCUT2D eigenvalue weighted by Crippen LogP contribution is 2.36. The third-order valence-electron chi connectivity index (χ3n) is 4.79. The molecule has 0 bridgehead atoms. The molecule has 3 aromatic carbocycles.